The summed E-state index contributed by atoms with van der Waals surface area (Å²) in [6.07, 6.45) is 10.7. The van der Waals surface area contributed by atoms with Crippen LogP contribution in [0.25, 0.3) is 0 Å². The summed E-state index contributed by atoms with van der Waals surface area (Å²) in [4.78, 5) is 19.9. The zero-order valence-electron chi connectivity index (χ0n) is 25.3. The fraction of sp³-hybridized carbons (Fsp3) is 0.562. The second-order valence-corrected chi connectivity index (χ2v) is 10.6. The highest BCUT2D eigenvalue weighted by Crippen LogP contribution is 2.29. The van der Waals surface area contributed by atoms with Gasteiger partial charge in [0.2, 0.25) is 0 Å². The molecular formula is C32H47F3N4O3. The summed E-state index contributed by atoms with van der Waals surface area (Å²) in [6, 6.07) is 0. The van der Waals surface area contributed by atoms with E-state index < -0.39 is 18.0 Å². The van der Waals surface area contributed by atoms with E-state index in [1.807, 2.05) is 13.0 Å². The normalized spacial score (nSPS) is 21.1. The molecular weight excluding hydrogens is 545 g/mol. The maximum Gasteiger partial charge on any atom is 0.573 e. The van der Waals surface area contributed by atoms with Gasteiger partial charge in [-0.15, -0.1) is 13.2 Å². The number of ether oxygens (including phenoxy) is 2. The average Bonchev–Trinajstić information content (AvgIpc) is 3.28. The molecule has 0 aliphatic carbocycles. The zero-order valence-corrected chi connectivity index (χ0v) is 25.3. The van der Waals surface area contributed by atoms with E-state index in [2.05, 4.69) is 46.4 Å². The van der Waals surface area contributed by atoms with Gasteiger partial charge in [-0.1, -0.05) is 45.1 Å². The van der Waals surface area contributed by atoms with Crippen LogP contribution in [-0.2, 0) is 14.3 Å². The Morgan fingerprint density at radius 3 is 2.50 bits per heavy atom. The van der Waals surface area contributed by atoms with E-state index in [-0.39, 0.29) is 12.4 Å². The molecule has 0 spiro atoms. The van der Waals surface area contributed by atoms with Crippen LogP contribution in [-0.4, -0.2) is 62.2 Å². The van der Waals surface area contributed by atoms with Crippen molar-refractivity contribution in [1.29, 1.82) is 0 Å². The van der Waals surface area contributed by atoms with Gasteiger partial charge in [-0.3, -0.25) is 9.79 Å². The van der Waals surface area contributed by atoms with Crippen molar-refractivity contribution in [2.75, 3.05) is 39.3 Å². The Bertz CT molecular complexity index is 1070. The van der Waals surface area contributed by atoms with Crippen molar-refractivity contribution in [3.63, 3.8) is 0 Å². The van der Waals surface area contributed by atoms with Crippen molar-refractivity contribution in [3.8, 4) is 0 Å². The molecule has 2 heterocycles. The lowest BCUT2D eigenvalue weighted by Crippen LogP contribution is -2.34. The van der Waals surface area contributed by atoms with Crippen LogP contribution in [0, 0.1) is 5.92 Å². The Morgan fingerprint density at radius 2 is 1.86 bits per heavy atom. The molecule has 0 bridgehead atoms. The Kier molecular flexibility index (Phi) is 15.4. The van der Waals surface area contributed by atoms with Crippen LogP contribution in [0.4, 0.5) is 13.2 Å². The number of amides is 1. The molecule has 2 aliphatic heterocycles. The van der Waals surface area contributed by atoms with Crippen LogP contribution in [0.15, 0.2) is 77.0 Å². The SMILES string of the molecule is C=C(CC=C1/C(=C\C)N=C(CNCCN2CCCCCC2)CCC1C)NC(=O)COC(/C=C\C(=C)OC(F)(F)F)=C/C. The first kappa shape index (κ1) is 35.1. The molecule has 42 heavy (non-hydrogen) atoms. The van der Waals surface area contributed by atoms with Gasteiger partial charge in [0.1, 0.15) is 11.5 Å². The average molecular weight is 593 g/mol. The molecule has 1 atom stereocenters. The third-order valence-corrected chi connectivity index (χ3v) is 7.10. The molecule has 2 aliphatic rings. The first-order chi connectivity index (χ1) is 20.0. The second-order valence-electron chi connectivity index (χ2n) is 10.6. The molecule has 7 nitrogen and oxygen atoms in total. The lowest BCUT2D eigenvalue weighted by molar-refractivity contribution is -0.303. The molecule has 0 saturated carbocycles. The number of nitrogens with one attached hydrogen (secondary N) is 2. The van der Waals surface area contributed by atoms with Gasteiger partial charge in [0.15, 0.2) is 6.61 Å². The van der Waals surface area contributed by atoms with Gasteiger partial charge >= 0.3 is 6.36 Å². The molecule has 0 aromatic rings. The van der Waals surface area contributed by atoms with Crippen LogP contribution in [0.2, 0.25) is 0 Å². The summed E-state index contributed by atoms with van der Waals surface area (Å²) in [6.45, 7) is 17.8. The number of halogens is 3. The van der Waals surface area contributed by atoms with Crippen molar-refractivity contribution in [2.45, 2.75) is 72.1 Å². The highest BCUT2D eigenvalue weighted by atomic mass is 19.4. The van der Waals surface area contributed by atoms with E-state index in [0.29, 0.717) is 18.0 Å². The number of hydrogen-bond donors (Lipinski definition) is 2. The molecule has 1 unspecified atom stereocenters. The Balaban J connectivity index is 1.83. The lowest BCUT2D eigenvalue weighted by Gasteiger charge is -2.19. The fourth-order valence-corrected chi connectivity index (χ4v) is 4.83. The van der Waals surface area contributed by atoms with Gasteiger partial charge in [-0.25, -0.2) is 0 Å². The number of allylic oxidation sites excluding steroid dienone is 6. The summed E-state index contributed by atoms with van der Waals surface area (Å²) in [5, 5.41) is 6.30. The molecule has 0 radical (unpaired) electrons. The first-order valence-corrected chi connectivity index (χ1v) is 14.8. The minimum atomic E-state index is -4.83. The monoisotopic (exact) mass is 592 g/mol. The van der Waals surface area contributed by atoms with Gasteiger partial charge in [0.25, 0.3) is 5.91 Å². The number of carbonyl (C=O) groups is 1. The van der Waals surface area contributed by atoms with Crippen molar-refractivity contribution < 1.29 is 27.4 Å². The number of rotatable bonds is 14. The minimum Gasteiger partial charge on any atom is -0.484 e. The standard InChI is InChI=1S/C32H47F3N4O3/c1-6-28(16-14-26(5)42-32(33,34)35)41-23-31(40)37-25(4)13-17-29-24(3)12-15-27(38-30(29)7-2)22-36-18-21-39-19-10-8-9-11-20-39/h6-7,14,16-17,24,36H,4-5,8-13,15,18-23H2,1-3H3,(H,37,40)/b16-14-,28-6+,29-17?,30-7+. The first-order valence-electron chi connectivity index (χ1n) is 14.8. The molecule has 1 saturated heterocycles. The highest BCUT2D eigenvalue weighted by molar-refractivity contribution is 5.88. The zero-order chi connectivity index (χ0) is 31.0. The minimum absolute atomic E-state index is 0.194. The fourth-order valence-electron chi connectivity index (χ4n) is 4.83. The van der Waals surface area contributed by atoms with Crippen LogP contribution in [0.1, 0.15) is 65.7 Å². The largest absolute Gasteiger partial charge is 0.573 e. The Hall–Kier alpha value is -3.11. The second kappa shape index (κ2) is 18.4. The molecule has 10 heteroatoms. The van der Waals surface area contributed by atoms with Gasteiger partial charge < -0.3 is 25.0 Å². The van der Waals surface area contributed by atoms with Gasteiger partial charge in [0, 0.05) is 37.5 Å². The molecule has 1 amide bonds. The lowest BCUT2D eigenvalue weighted by atomic mass is 9.93. The Labute approximate surface area is 249 Å². The number of carbonyl (C=O) groups excluding carboxylic acids is 1. The summed E-state index contributed by atoms with van der Waals surface area (Å²) in [5.41, 5.74) is 3.74. The molecule has 1 fully saturated rings. The molecule has 0 aromatic carbocycles. The smallest absolute Gasteiger partial charge is 0.484 e. The third kappa shape index (κ3) is 14.2. The maximum absolute atomic E-state index is 12.4. The van der Waals surface area contributed by atoms with Crippen molar-refractivity contribution >= 4 is 11.6 Å². The Morgan fingerprint density at radius 1 is 1.14 bits per heavy atom. The molecule has 234 valence electrons. The van der Waals surface area contributed by atoms with Gasteiger partial charge in [0.05, 0.1) is 5.70 Å². The number of nitrogens with zero attached hydrogens (tertiary/aromatic N) is 2. The number of alkyl halides is 3. The van der Waals surface area contributed by atoms with Gasteiger partial charge in [-0.2, -0.15) is 0 Å². The topological polar surface area (TPSA) is 75.2 Å². The molecule has 0 aromatic heterocycles. The van der Waals surface area contributed by atoms with E-state index in [1.165, 1.54) is 50.9 Å². The summed E-state index contributed by atoms with van der Waals surface area (Å²) in [7, 11) is 0. The van der Waals surface area contributed by atoms with Crippen molar-refractivity contribution in [1.82, 2.24) is 15.5 Å². The predicted molar refractivity (Wildman–Crippen MR) is 162 cm³/mol. The van der Waals surface area contributed by atoms with Crippen LogP contribution in [0.5, 0.6) is 0 Å². The summed E-state index contributed by atoms with van der Waals surface area (Å²) in [5.74, 6) is -0.523. The molecule has 2 rings (SSSR count). The van der Waals surface area contributed by atoms with Crippen LogP contribution < -0.4 is 10.6 Å². The van der Waals surface area contributed by atoms with Crippen LogP contribution >= 0.6 is 0 Å². The van der Waals surface area contributed by atoms with Crippen molar-refractivity contribution in [2.24, 2.45) is 10.9 Å². The summed E-state index contributed by atoms with van der Waals surface area (Å²) >= 11 is 0. The van der Waals surface area contributed by atoms with E-state index >= 15 is 0 Å². The number of hydrogen-bond acceptors (Lipinski definition) is 6. The molecule has 2 N–H and O–H groups in total. The van der Waals surface area contributed by atoms with Gasteiger partial charge in [-0.05, 0) is 82.3 Å². The van der Waals surface area contributed by atoms with E-state index in [0.717, 1.165) is 55.5 Å². The van der Waals surface area contributed by atoms with E-state index in [1.54, 1.807) is 6.92 Å². The number of likely N-dealkylation sites (tertiary alicyclic amines) is 1. The van der Waals surface area contributed by atoms with Crippen molar-refractivity contribution in [3.05, 3.63) is 72.0 Å². The maximum atomic E-state index is 12.4. The predicted octanol–water partition coefficient (Wildman–Crippen LogP) is 6.70. The van der Waals surface area contributed by atoms with Crippen LogP contribution in [0.3, 0.4) is 0 Å². The quantitative estimate of drug-likeness (QED) is 0.133. The third-order valence-electron chi connectivity index (χ3n) is 7.10. The highest BCUT2D eigenvalue weighted by Gasteiger charge is 2.30. The number of aliphatic imine (C=N–C) groups is 1. The van der Waals surface area contributed by atoms with E-state index in [4.69, 9.17) is 9.73 Å². The summed E-state index contributed by atoms with van der Waals surface area (Å²) < 4.78 is 45.8. The van der Waals surface area contributed by atoms with E-state index in [9.17, 15) is 18.0 Å².